The molecule has 1 N–H and O–H groups in total. The second-order valence-corrected chi connectivity index (χ2v) is 6.41. The Bertz CT molecular complexity index is 674. The Balaban J connectivity index is 1.85. The first-order valence-corrected chi connectivity index (χ1v) is 7.98. The normalized spacial score (nSPS) is 15.4. The number of thioether (sulfide) groups is 1. The van der Waals surface area contributed by atoms with Crippen molar-refractivity contribution >= 4 is 17.7 Å². The van der Waals surface area contributed by atoms with E-state index in [0.717, 1.165) is 36.2 Å². The van der Waals surface area contributed by atoms with Gasteiger partial charge in [0.1, 0.15) is 16.9 Å². The Labute approximate surface area is 131 Å². The Morgan fingerprint density at radius 1 is 1.14 bits per heavy atom. The average Bonchev–Trinajstić information content (AvgIpc) is 3.31. The molecule has 22 heavy (non-hydrogen) atoms. The van der Waals surface area contributed by atoms with Gasteiger partial charge in [0.05, 0.1) is 0 Å². The van der Waals surface area contributed by atoms with E-state index in [9.17, 15) is 13.6 Å². The van der Waals surface area contributed by atoms with E-state index in [1.54, 1.807) is 0 Å². The molecule has 1 aliphatic rings. The summed E-state index contributed by atoms with van der Waals surface area (Å²) in [6.07, 6.45) is 1.98. The molecule has 0 heterocycles. The van der Waals surface area contributed by atoms with Crippen LogP contribution in [0.25, 0.3) is 0 Å². The van der Waals surface area contributed by atoms with Gasteiger partial charge in [0.25, 0.3) is 0 Å². The maximum atomic E-state index is 13.9. The van der Waals surface area contributed by atoms with E-state index in [0.29, 0.717) is 0 Å². The van der Waals surface area contributed by atoms with E-state index in [2.05, 4.69) is 5.32 Å². The molecular weight excluding hydrogens is 304 g/mol. The van der Waals surface area contributed by atoms with E-state index in [4.69, 9.17) is 0 Å². The third kappa shape index (κ3) is 3.65. The molecule has 0 bridgehead atoms. The van der Waals surface area contributed by atoms with E-state index < -0.39 is 16.9 Å². The van der Waals surface area contributed by atoms with Crippen molar-refractivity contribution in [3.63, 3.8) is 0 Å². The smallest absolute Gasteiger partial charge is 0.238 e. The minimum absolute atomic E-state index is 0.137. The number of carbonyl (C=O) groups excluding carboxylic acids is 1. The average molecular weight is 319 g/mol. The van der Waals surface area contributed by atoms with Crippen molar-refractivity contribution in [1.82, 2.24) is 5.32 Å². The fourth-order valence-electron chi connectivity index (χ4n) is 2.10. The Hall–Kier alpha value is -1.88. The van der Waals surface area contributed by atoms with Crippen LogP contribution in [0.5, 0.6) is 0 Å². The molecule has 3 rings (SSSR count). The van der Waals surface area contributed by atoms with Crippen molar-refractivity contribution in [3.8, 4) is 0 Å². The molecule has 0 aliphatic heterocycles. The molecule has 114 valence electrons. The minimum atomic E-state index is -0.648. The molecular formula is C17H15F2NOS. The molecule has 1 amide bonds. The lowest BCUT2D eigenvalue weighted by molar-refractivity contribution is -0.120. The van der Waals surface area contributed by atoms with Gasteiger partial charge in [-0.15, -0.1) is 11.8 Å². The van der Waals surface area contributed by atoms with Crippen molar-refractivity contribution in [2.24, 2.45) is 0 Å². The highest BCUT2D eigenvalue weighted by atomic mass is 32.2. The van der Waals surface area contributed by atoms with E-state index in [1.807, 2.05) is 30.3 Å². The van der Waals surface area contributed by atoms with Crippen LogP contribution >= 0.6 is 11.8 Å². The summed E-state index contributed by atoms with van der Waals surface area (Å²) in [7, 11) is 0. The maximum Gasteiger partial charge on any atom is 0.238 e. The maximum absolute atomic E-state index is 13.9. The van der Waals surface area contributed by atoms with Crippen molar-refractivity contribution in [2.75, 3.05) is 0 Å². The van der Waals surface area contributed by atoms with E-state index in [1.165, 1.54) is 12.1 Å². The largest absolute Gasteiger partial charge is 0.352 e. The summed E-state index contributed by atoms with van der Waals surface area (Å²) in [5.41, 5.74) is 0.800. The first-order chi connectivity index (χ1) is 10.6. The number of benzene rings is 2. The molecule has 0 saturated heterocycles. The number of halogens is 2. The molecule has 2 aromatic carbocycles. The monoisotopic (exact) mass is 319 g/mol. The molecule has 5 heteroatoms. The summed E-state index contributed by atoms with van der Waals surface area (Å²) in [6.45, 7) is 0. The second-order valence-electron chi connectivity index (χ2n) is 5.27. The van der Waals surface area contributed by atoms with Crippen LogP contribution in [-0.2, 0) is 4.79 Å². The predicted octanol–water partition coefficient (Wildman–Crippen LogP) is 4.08. The van der Waals surface area contributed by atoms with Gasteiger partial charge in [-0.05, 0) is 30.5 Å². The van der Waals surface area contributed by atoms with Crippen LogP contribution in [0.4, 0.5) is 8.78 Å². The highest BCUT2D eigenvalue weighted by Gasteiger charge is 2.29. The van der Waals surface area contributed by atoms with Gasteiger partial charge in [0.15, 0.2) is 0 Å². The lowest BCUT2D eigenvalue weighted by Crippen LogP contribution is -2.29. The van der Waals surface area contributed by atoms with Gasteiger partial charge >= 0.3 is 0 Å². The van der Waals surface area contributed by atoms with E-state index in [-0.39, 0.29) is 16.8 Å². The first-order valence-electron chi connectivity index (χ1n) is 7.10. The van der Waals surface area contributed by atoms with Gasteiger partial charge in [0.2, 0.25) is 5.91 Å². The minimum Gasteiger partial charge on any atom is -0.352 e. The fraction of sp³-hybridized carbons (Fsp3) is 0.235. The topological polar surface area (TPSA) is 29.1 Å². The van der Waals surface area contributed by atoms with Crippen LogP contribution < -0.4 is 5.32 Å². The molecule has 1 fully saturated rings. The van der Waals surface area contributed by atoms with Crippen LogP contribution in [0.3, 0.4) is 0 Å². The van der Waals surface area contributed by atoms with Crippen LogP contribution in [0, 0.1) is 11.6 Å². The molecule has 1 atom stereocenters. The Morgan fingerprint density at radius 3 is 2.50 bits per heavy atom. The van der Waals surface area contributed by atoms with Crippen LogP contribution in [-0.4, -0.2) is 11.9 Å². The van der Waals surface area contributed by atoms with Crippen LogP contribution in [0.15, 0.2) is 53.4 Å². The molecule has 1 aliphatic carbocycles. The SMILES string of the molecule is O=C(NC1CC1)C(Sc1ccc(F)cc1F)c1ccccc1. The number of hydrogen-bond acceptors (Lipinski definition) is 2. The number of amides is 1. The summed E-state index contributed by atoms with van der Waals surface area (Å²) in [5.74, 6) is -1.41. The third-order valence-corrected chi connectivity index (χ3v) is 4.71. The molecule has 0 aromatic heterocycles. The van der Waals surface area contributed by atoms with Gasteiger partial charge in [-0.2, -0.15) is 0 Å². The van der Waals surface area contributed by atoms with Gasteiger partial charge in [-0.25, -0.2) is 8.78 Å². The van der Waals surface area contributed by atoms with Crippen LogP contribution in [0.1, 0.15) is 23.7 Å². The number of nitrogens with one attached hydrogen (secondary N) is 1. The summed E-state index contributed by atoms with van der Waals surface area (Å²) in [6, 6.07) is 12.9. The molecule has 1 unspecified atom stereocenters. The quantitative estimate of drug-likeness (QED) is 0.842. The summed E-state index contributed by atoms with van der Waals surface area (Å²) in [4.78, 5) is 12.7. The molecule has 2 nitrogen and oxygen atoms in total. The molecule has 2 aromatic rings. The molecule has 1 saturated carbocycles. The van der Waals surface area contributed by atoms with Gasteiger partial charge < -0.3 is 5.32 Å². The molecule has 0 radical (unpaired) electrons. The number of rotatable bonds is 5. The highest BCUT2D eigenvalue weighted by Crippen LogP contribution is 2.37. The van der Waals surface area contributed by atoms with E-state index >= 15 is 0 Å². The second kappa shape index (κ2) is 6.48. The highest BCUT2D eigenvalue weighted by molar-refractivity contribution is 8.00. The van der Waals surface area contributed by atoms with Gasteiger partial charge in [0, 0.05) is 17.0 Å². The lowest BCUT2D eigenvalue weighted by Gasteiger charge is -2.17. The van der Waals surface area contributed by atoms with Crippen molar-refractivity contribution in [3.05, 3.63) is 65.7 Å². The zero-order chi connectivity index (χ0) is 15.5. The summed E-state index contributed by atoms with van der Waals surface area (Å²) in [5, 5.41) is 2.39. The van der Waals surface area contributed by atoms with Crippen molar-refractivity contribution in [2.45, 2.75) is 29.0 Å². The lowest BCUT2D eigenvalue weighted by atomic mass is 10.1. The Morgan fingerprint density at radius 2 is 1.86 bits per heavy atom. The molecule has 0 spiro atoms. The number of hydrogen-bond donors (Lipinski definition) is 1. The Kier molecular flexibility index (Phi) is 4.43. The predicted molar refractivity (Wildman–Crippen MR) is 82.6 cm³/mol. The number of carbonyl (C=O) groups is 1. The van der Waals surface area contributed by atoms with Crippen LogP contribution in [0.2, 0.25) is 0 Å². The van der Waals surface area contributed by atoms with Gasteiger partial charge in [-0.1, -0.05) is 30.3 Å². The summed E-state index contributed by atoms with van der Waals surface area (Å²) >= 11 is 1.10. The van der Waals surface area contributed by atoms with Crippen molar-refractivity contribution < 1.29 is 13.6 Å². The standard InChI is InChI=1S/C17H15F2NOS/c18-12-6-9-15(14(19)10-12)22-16(11-4-2-1-3-5-11)17(21)20-13-7-8-13/h1-6,9-10,13,16H,7-8H2,(H,20,21). The fourth-order valence-corrected chi connectivity index (χ4v) is 3.14. The van der Waals surface area contributed by atoms with Crippen molar-refractivity contribution in [1.29, 1.82) is 0 Å². The summed E-state index contributed by atoms with van der Waals surface area (Å²) < 4.78 is 26.9. The van der Waals surface area contributed by atoms with Gasteiger partial charge in [-0.3, -0.25) is 4.79 Å². The third-order valence-electron chi connectivity index (χ3n) is 3.40. The first kappa shape index (κ1) is 15.0. The zero-order valence-electron chi connectivity index (χ0n) is 11.8. The zero-order valence-corrected chi connectivity index (χ0v) is 12.6.